The number of hydrogen-bond donors (Lipinski definition) is 1. The third-order valence-corrected chi connectivity index (χ3v) is 1.92. The van der Waals surface area contributed by atoms with Crippen LogP contribution >= 0.6 is 0 Å². The highest BCUT2D eigenvalue weighted by Crippen LogP contribution is 2.01. The predicted octanol–water partition coefficient (Wildman–Crippen LogP) is 3.22. The molecule has 0 spiro atoms. The molecule has 0 aliphatic heterocycles. The van der Waals surface area contributed by atoms with Gasteiger partial charge in [-0.2, -0.15) is 0 Å². The Kier molecular flexibility index (Phi) is 8.11. The molecule has 13 heavy (non-hydrogen) atoms. The lowest BCUT2D eigenvalue weighted by atomic mass is 10.1. The van der Waals surface area contributed by atoms with Crippen molar-refractivity contribution in [3.05, 3.63) is 12.2 Å². The van der Waals surface area contributed by atoms with E-state index in [1.54, 1.807) is 0 Å². The van der Waals surface area contributed by atoms with Crippen molar-refractivity contribution in [2.24, 2.45) is 11.8 Å². The number of hydrogen-bond acceptors (Lipinski definition) is 1. The smallest absolute Gasteiger partial charge is 0.0134 e. The van der Waals surface area contributed by atoms with Crippen molar-refractivity contribution in [1.82, 2.24) is 5.32 Å². The molecule has 0 aliphatic rings. The topological polar surface area (TPSA) is 12.0 Å². The quantitative estimate of drug-likeness (QED) is 0.472. The van der Waals surface area contributed by atoms with Crippen molar-refractivity contribution < 1.29 is 0 Å². The highest BCUT2D eigenvalue weighted by molar-refractivity contribution is 4.86. The fraction of sp³-hybridized carbons (Fsp3) is 0.833. The molecular formula is C12H25N. The van der Waals surface area contributed by atoms with Crippen LogP contribution in [-0.4, -0.2) is 13.1 Å². The van der Waals surface area contributed by atoms with Gasteiger partial charge in [-0.25, -0.2) is 0 Å². The zero-order chi connectivity index (χ0) is 10.1. The van der Waals surface area contributed by atoms with Crippen molar-refractivity contribution in [2.75, 3.05) is 13.1 Å². The van der Waals surface area contributed by atoms with Crippen LogP contribution in [0.15, 0.2) is 12.2 Å². The average Bonchev–Trinajstić information content (AvgIpc) is 2.01. The first-order valence-corrected chi connectivity index (χ1v) is 5.50. The molecule has 0 rings (SSSR count). The lowest BCUT2D eigenvalue weighted by Crippen LogP contribution is -2.15. The summed E-state index contributed by atoms with van der Waals surface area (Å²) in [6.07, 6.45) is 7.10. The van der Waals surface area contributed by atoms with Gasteiger partial charge in [0.1, 0.15) is 0 Å². The molecule has 0 amide bonds. The normalized spacial score (nSPS) is 12.2. The maximum Gasteiger partial charge on any atom is 0.0134 e. The van der Waals surface area contributed by atoms with E-state index < -0.39 is 0 Å². The van der Waals surface area contributed by atoms with Gasteiger partial charge in [-0.15, -0.1) is 0 Å². The average molecular weight is 183 g/mol. The maximum absolute atomic E-state index is 3.41. The lowest BCUT2D eigenvalue weighted by Gasteiger charge is -2.04. The van der Waals surface area contributed by atoms with Gasteiger partial charge in [0.15, 0.2) is 0 Å². The van der Waals surface area contributed by atoms with Crippen LogP contribution in [0.25, 0.3) is 0 Å². The fourth-order valence-corrected chi connectivity index (χ4v) is 1.16. The summed E-state index contributed by atoms with van der Waals surface area (Å²) in [7, 11) is 0. The minimum atomic E-state index is 0.678. The van der Waals surface area contributed by atoms with Crippen LogP contribution in [0.5, 0.6) is 0 Å². The van der Waals surface area contributed by atoms with Gasteiger partial charge >= 0.3 is 0 Å². The second-order valence-electron chi connectivity index (χ2n) is 4.41. The van der Waals surface area contributed by atoms with E-state index in [-0.39, 0.29) is 0 Å². The Hall–Kier alpha value is -0.300. The van der Waals surface area contributed by atoms with Crippen LogP contribution in [0.3, 0.4) is 0 Å². The third-order valence-electron chi connectivity index (χ3n) is 1.92. The first-order chi connectivity index (χ1) is 6.13. The van der Waals surface area contributed by atoms with Gasteiger partial charge in [0.05, 0.1) is 0 Å². The van der Waals surface area contributed by atoms with Crippen molar-refractivity contribution in [3.63, 3.8) is 0 Å². The summed E-state index contributed by atoms with van der Waals surface area (Å²) >= 11 is 0. The Morgan fingerprint density at radius 2 is 1.85 bits per heavy atom. The van der Waals surface area contributed by atoms with Gasteiger partial charge < -0.3 is 5.32 Å². The molecule has 0 aliphatic carbocycles. The van der Waals surface area contributed by atoms with Crippen molar-refractivity contribution in [2.45, 2.75) is 40.5 Å². The van der Waals surface area contributed by atoms with Gasteiger partial charge in [-0.05, 0) is 31.2 Å². The molecule has 1 nitrogen and oxygen atoms in total. The molecule has 0 saturated heterocycles. The summed E-state index contributed by atoms with van der Waals surface area (Å²) in [5.41, 5.74) is 0. The molecule has 1 heteroatoms. The monoisotopic (exact) mass is 183 g/mol. The van der Waals surface area contributed by atoms with Gasteiger partial charge in [-0.1, -0.05) is 39.8 Å². The summed E-state index contributed by atoms with van der Waals surface area (Å²) in [5.74, 6) is 1.52. The van der Waals surface area contributed by atoms with Crippen LogP contribution in [0.4, 0.5) is 0 Å². The number of allylic oxidation sites excluding steroid dienone is 1. The van der Waals surface area contributed by atoms with Crippen LogP contribution in [0.1, 0.15) is 40.5 Å². The molecule has 0 heterocycles. The summed E-state index contributed by atoms with van der Waals surface area (Å²) in [6, 6.07) is 0. The first-order valence-electron chi connectivity index (χ1n) is 5.50. The predicted molar refractivity (Wildman–Crippen MR) is 60.9 cm³/mol. The van der Waals surface area contributed by atoms with Gasteiger partial charge in [0, 0.05) is 6.54 Å². The van der Waals surface area contributed by atoms with Crippen molar-refractivity contribution in [3.8, 4) is 0 Å². The van der Waals surface area contributed by atoms with Gasteiger partial charge in [0.25, 0.3) is 0 Å². The lowest BCUT2D eigenvalue weighted by molar-refractivity contribution is 0.537. The number of nitrogens with one attached hydrogen (secondary N) is 1. The Morgan fingerprint density at radius 3 is 2.38 bits per heavy atom. The molecular weight excluding hydrogens is 158 g/mol. The van der Waals surface area contributed by atoms with Gasteiger partial charge in [0.2, 0.25) is 0 Å². The highest BCUT2D eigenvalue weighted by atomic mass is 14.8. The molecule has 0 aromatic carbocycles. The minimum Gasteiger partial charge on any atom is -0.313 e. The highest BCUT2D eigenvalue weighted by Gasteiger charge is 1.92. The van der Waals surface area contributed by atoms with E-state index in [1.807, 2.05) is 0 Å². The molecule has 0 fully saturated rings. The van der Waals surface area contributed by atoms with Crippen LogP contribution in [0.2, 0.25) is 0 Å². The fourth-order valence-electron chi connectivity index (χ4n) is 1.16. The Bertz CT molecular complexity index is 125. The third kappa shape index (κ3) is 11.7. The summed E-state index contributed by atoms with van der Waals surface area (Å²) in [6.45, 7) is 11.1. The molecule has 0 atom stereocenters. The first kappa shape index (κ1) is 12.7. The van der Waals surface area contributed by atoms with Crippen LogP contribution < -0.4 is 5.32 Å². The second kappa shape index (κ2) is 8.31. The van der Waals surface area contributed by atoms with E-state index in [0.29, 0.717) is 5.92 Å². The second-order valence-corrected chi connectivity index (χ2v) is 4.41. The zero-order valence-corrected chi connectivity index (χ0v) is 9.64. The molecule has 78 valence electrons. The van der Waals surface area contributed by atoms with Gasteiger partial charge in [-0.3, -0.25) is 0 Å². The molecule has 0 unspecified atom stereocenters. The standard InChI is InChI=1S/C12H25N/c1-11(2)7-5-9-13-10-6-8-12(3)4/h5,7,11-13H,6,8-10H2,1-4H3/b7-5+. The van der Waals surface area contributed by atoms with Crippen molar-refractivity contribution >= 4 is 0 Å². The van der Waals surface area contributed by atoms with E-state index in [4.69, 9.17) is 0 Å². The molecule has 1 N–H and O–H groups in total. The molecule has 0 saturated carbocycles. The maximum atomic E-state index is 3.41. The molecule has 0 aromatic rings. The largest absolute Gasteiger partial charge is 0.313 e. The Balaban J connectivity index is 3.08. The van der Waals surface area contributed by atoms with E-state index in [1.165, 1.54) is 12.8 Å². The molecule has 0 aromatic heterocycles. The Morgan fingerprint density at radius 1 is 1.15 bits per heavy atom. The van der Waals surface area contributed by atoms with E-state index >= 15 is 0 Å². The zero-order valence-electron chi connectivity index (χ0n) is 9.64. The summed E-state index contributed by atoms with van der Waals surface area (Å²) < 4.78 is 0. The molecule has 0 radical (unpaired) electrons. The van der Waals surface area contributed by atoms with E-state index in [2.05, 4.69) is 45.2 Å². The van der Waals surface area contributed by atoms with E-state index in [0.717, 1.165) is 19.0 Å². The number of rotatable bonds is 7. The Labute approximate surface area is 83.6 Å². The summed E-state index contributed by atoms with van der Waals surface area (Å²) in [4.78, 5) is 0. The summed E-state index contributed by atoms with van der Waals surface area (Å²) in [5, 5.41) is 3.41. The van der Waals surface area contributed by atoms with Crippen LogP contribution in [-0.2, 0) is 0 Å². The molecule has 0 bridgehead atoms. The van der Waals surface area contributed by atoms with Crippen LogP contribution in [0, 0.1) is 11.8 Å². The van der Waals surface area contributed by atoms with Crippen molar-refractivity contribution in [1.29, 1.82) is 0 Å². The minimum absolute atomic E-state index is 0.678. The SMILES string of the molecule is CC(C)/C=C/CNCCCC(C)C. The van der Waals surface area contributed by atoms with E-state index in [9.17, 15) is 0 Å².